The van der Waals surface area contributed by atoms with Crippen LogP contribution in [0.1, 0.15) is 28.2 Å². The Morgan fingerprint density at radius 2 is 1.41 bits per heavy atom. The van der Waals surface area contributed by atoms with Crippen molar-refractivity contribution >= 4 is 57.7 Å². The number of nitro benzene ring substituents is 1. The number of hydrogen-bond donors (Lipinski definition) is 0. The molecule has 0 unspecified atom stereocenters. The molecule has 2 bridgehead atoms. The van der Waals surface area contributed by atoms with E-state index in [0.29, 0.717) is 0 Å². The number of rotatable bonds is 4. The maximum Gasteiger partial charge on any atom is 0.293 e. The number of imide groups is 1. The lowest BCUT2D eigenvalue weighted by Crippen LogP contribution is -2.54. The largest absolute Gasteiger partial charge is 0.293 e. The van der Waals surface area contributed by atoms with Crippen molar-refractivity contribution in [3.05, 3.63) is 133 Å². The summed E-state index contributed by atoms with van der Waals surface area (Å²) in [6.07, 6.45) is 1.84. The Labute approximate surface area is 237 Å². The zero-order chi connectivity index (χ0) is 26.9. The minimum absolute atomic E-state index is 0.00380. The number of anilines is 1. The number of halogens is 1. The summed E-state index contributed by atoms with van der Waals surface area (Å²) in [5, 5.41) is 11.9. The van der Waals surface area contributed by atoms with Crippen molar-refractivity contribution in [3.8, 4) is 0 Å². The SMILES string of the molecule is O=C1[C@H]2C3c4ccccc4C(C=Nc4ccccc4I)(c4ccccc43)[C@H]2C(=O)N1c1ccccc1[N+](=O)[O-]. The van der Waals surface area contributed by atoms with E-state index in [2.05, 4.69) is 22.6 Å². The molecule has 8 heteroatoms. The second kappa shape index (κ2) is 8.67. The van der Waals surface area contributed by atoms with Crippen LogP contribution >= 0.6 is 22.6 Å². The van der Waals surface area contributed by atoms with Crippen LogP contribution in [0.5, 0.6) is 0 Å². The van der Waals surface area contributed by atoms with Crippen LogP contribution in [-0.4, -0.2) is 23.0 Å². The topological polar surface area (TPSA) is 92.9 Å². The molecular formula is C31H20IN3O4. The van der Waals surface area contributed by atoms with Crippen molar-refractivity contribution in [2.75, 3.05) is 4.90 Å². The van der Waals surface area contributed by atoms with Crippen LogP contribution in [0.3, 0.4) is 0 Å². The molecule has 3 aliphatic carbocycles. The second-order valence-corrected chi connectivity index (χ2v) is 11.2. The van der Waals surface area contributed by atoms with E-state index in [1.807, 2.05) is 79.0 Å². The molecule has 190 valence electrons. The van der Waals surface area contributed by atoms with E-state index in [4.69, 9.17) is 4.99 Å². The molecular weight excluding hydrogens is 605 g/mol. The zero-order valence-electron chi connectivity index (χ0n) is 20.4. The molecule has 0 aromatic heterocycles. The van der Waals surface area contributed by atoms with Crippen molar-refractivity contribution in [1.82, 2.24) is 0 Å². The Kier molecular flexibility index (Phi) is 5.31. The molecule has 8 rings (SSSR count). The Bertz CT molecular complexity index is 1700. The van der Waals surface area contributed by atoms with Crippen LogP contribution in [0.25, 0.3) is 0 Å². The first-order valence-electron chi connectivity index (χ1n) is 12.5. The molecule has 1 heterocycles. The maximum absolute atomic E-state index is 14.4. The van der Waals surface area contributed by atoms with Gasteiger partial charge in [-0.25, -0.2) is 4.90 Å². The maximum atomic E-state index is 14.4. The van der Waals surface area contributed by atoms with Gasteiger partial charge in [0, 0.05) is 21.8 Å². The zero-order valence-corrected chi connectivity index (χ0v) is 22.6. The number of carbonyl (C=O) groups is 2. The highest BCUT2D eigenvalue weighted by atomic mass is 127. The Balaban J connectivity index is 1.52. The van der Waals surface area contributed by atoms with Gasteiger partial charge >= 0.3 is 0 Å². The predicted molar refractivity (Wildman–Crippen MR) is 155 cm³/mol. The van der Waals surface area contributed by atoms with Crippen LogP contribution in [0.2, 0.25) is 0 Å². The molecule has 4 aromatic carbocycles. The lowest BCUT2D eigenvalue weighted by atomic mass is 9.47. The van der Waals surface area contributed by atoms with Crippen LogP contribution in [0, 0.1) is 25.5 Å². The van der Waals surface area contributed by atoms with Gasteiger partial charge in [0.25, 0.3) is 5.69 Å². The van der Waals surface area contributed by atoms with E-state index in [9.17, 15) is 19.7 Å². The standard InChI is InChI=1S/C31H20IN3O4/c32-22-13-5-6-14-23(22)33-17-31-20-11-3-1-9-18(20)26(19-10-2-4-12-21(19)31)27-28(31)30(37)34(29(27)36)24-15-7-8-16-25(24)35(38)39/h1-17,26-28H/t26?,27-,28+,31?/m0/s1. The highest BCUT2D eigenvalue weighted by Crippen LogP contribution is 2.64. The van der Waals surface area contributed by atoms with Crippen molar-refractivity contribution in [2.24, 2.45) is 16.8 Å². The van der Waals surface area contributed by atoms with Gasteiger partial charge in [-0.2, -0.15) is 0 Å². The Morgan fingerprint density at radius 3 is 2.08 bits per heavy atom. The highest BCUT2D eigenvalue weighted by molar-refractivity contribution is 14.1. The molecule has 4 aromatic rings. The molecule has 2 amide bonds. The third-order valence-corrected chi connectivity index (χ3v) is 9.18. The van der Waals surface area contributed by atoms with Crippen molar-refractivity contribution in [3.63, 3.8) is 0 Å². The number of nitro groups is 1. The molecule has 39 heavy (non-hydrogen) atoms. The molecule has 2 atom stereocenters. The molecule has 0 saturated carbocycles. The van der Waals surface area contributed by atoms with Gasteiger partial charge < -0.3 is 0 Å². The first-order chi connectivity index (χ1) is 18.9. The first-order valence-corrected chi connectivity index (χ1v) is 13.6. The number of carbonyl (C=O) groups excluding carboxylic acids is 2. The molecule has 4 aliphatic rings. The van der Waals surface area contributed by atoms with Crippen molar-refractivity contribution < 1.29 is 14.5 Å². The number of aliphatic imine (C=N–C) groups is 1. The molecule has 1 fully saturated rings. The average Bonchev–Trinajstić information content (AvgIpc) is 3.23. The van der Waals surface area contributed by atoms with E-state index < -0.39 is 34.0 Å². The number of benzene rings is 4. The van der Waals surface area contributed by atoms with Gasteiger partial charge in [0.2, 0.25) is 11.8 Å². The van der Waals surface area contributed by atoms with E-state index in [1.165, 1.54) is 18.2 Å². The van der Waals surface area contributed by atoms with Crippen LogP contribution in [0.4, 0.5) is 17.1 Å². The van der Waals surface area contributed by atoms with Gasteiger partial charge in [-0.15, -0.1) is 0 Å². The fraction of sp³-hybridized carbons (Fsp3) is 0.129. The molecule has 0 radical (unpaired) electrons. The fourth-order valence-electron chi connectivity index (χ4n) is 6.82. The van der Waals surface area contributed by atoms with Crippen molar-refractivity contribution in [1.29, 1.82) is 0 Å². The minimum atomic E-state index is -1.03. The number of para-hydroxylation sites is 3. The Hall–Kier alpha value is -4.18. The van der Waals surface area contributed by atoms with Gasteiger partial charge in [-0.1, -0.05) is 72.8 Å². The monoisotopic (exact) mass is 625 g/mol. The average molecular weight is 625 g/mol. The minimum Gasteiger partial charge on any atom is -0.274 e. The quantitative estimate of drug-likeness (QED) is 0.0894. The number of hydrogen-bond acceptors (Lipinski definition) is 5. The Morgan fingerprint density at radius 1 is 0.821 bits per heavy atom. The summed E-state index contributed by atoms with van der Waals surface area (Å²) in [6.45, 7) is 0. The lowest BCUT2D eigenvalue weighted by molar-refractivity contribution is -0.384. The smallest absolute Gasteiger partial charge is 0.274 e. The second-order valence-electron chi connectivity index (χ2n) is 9.99. The number of nitrogens with zero attached hydrogens (tertiary/aromatic N) is 3. The summed E-state index contributed by atoms with van der Waals surface area (Å²) in [6, 6.07) is 29.5. The summed E-state index contributed by atoms with van der Waals surface area (Å²) in [5.74, 6) is -2.73. The van der Waals surface area contributed by atoms with E-state index in [-0.39, 0.29) is 17.3 Å². The van der Waals surface area contributed by atoms with Crippen molar-refractivity contribution in [2.45, 2.75) is 11.3 Å². The highest BCUT2D eigenvalue weighted by Gasteiger charge is 2.68. The third-order valence-electron chi connectivity index (χ3n) is 8.26. The van der Waals surface area contributed by atoms with Crippen LogP contribution in [0.15, 0.2) is 102 Å². The molecule has 1 aliphatic heterocycles. The lowest BCUT2D eigenvalue weighted by Gasteiger charge is -2.52. The summed E-state index contributed by atoms with van der Waals surface area (Å²) < 4.78 is 0.959. The first kappa shape index (κ1) is 23.9. The molecule has 7 nitrogen and oxygen atoms in total. The third kappa shape index (κ3) is 3.18. The van der Waals surface area contributed by atoms with E-state index in [1.54, 1.807) is 6.07 Å². The summed E-state index contributed by atoms with van der Waals surface area (Å²) in [5.41, 5.74) is 3.31. The number of amides is 2. The van der Waals surface area contributed by atoms with Gasteiger partial charge in [0.05, 0.1) is 27.9 Å². The molecule has 0 spiro atoms. The van der Waals surface area contributed by atoms with E-state index in [0.717, 1.165) is 36.4 Å². The molecule has 0 N–H and O–H groups in total. The fourth-order valence-corrected chi connectivity index (χ4v) is 7.35. The molecule has 1 saturated heterocycles. The van der Waals surface area contributed by atoms with Gasteiger partial charge in [0.15, 0.2) is 0 Å². The van der Waals surface area contributed by atoms with Crippen LogP contribution < -0.4 is 4.90 Å². The summed E-state index contributed by atoms with van der Waals surface area (Å²) in [4.78, 5) is 46.0. The van der Waals surface area contributed by atoms with Crippen LogP contribution in [-0.2, 0) is 15.0 Å². The normalized spacial score (nSPS) is 24.5. The summed E-state index contributed by atoms with van der Waals surface area (Å²) in [7, 11) is 0. The van der Waals surface area contributed by atoms with Gasteiger partial charge in [-0.3, -0.25) is 24.7 Å². The van der Waals surface area contributed by atoms with Gasteiger partial charge in [-0.05, 0) is 63.0 Å². The summed E-state index contributed by atoms with van der Waals surface area (Å²) >= 11 is 2.23. The van der Waals surface area contributed by atoms with E-state index >= 15 is 0 Å². The van der Waals surface area contributed by atoms with Gasteiger partial charge in [0.1, 0.15) is 5.69 Å². The predicted octanol–water partition coefficient (Wildman–Crippen LogP) is 6.15.